The molecule has 0 amide bonds. The molecule has 0 aliphatic heterocycles. The van der Waals surface area contributed by atoms with E-state index >= 15 is 0 Å². The summed E-state index contributed by atoms with van der Waals surface area (Å²) in [6.07, 6.45) is 1.02. The van der Waals surface area contributed by atoms with Crippen LogP contribution in [0.3, 0.4) is 0 Å². The minimum Gasteiger partial charge on any atom is -0.489 e. The standard InChI is InChI=1S/C19H23NO3/c1-3-17(23-18-6-4-5-14(2)11-18)13-20-12-15-7-9-16(10-8-15)19(21)22/h4-11,17,20H,3,12-13H2,1-2H3,(H,21,22). The van der Waals surface area contributed by atoms with Crippen LogP contribution in [-0.2, 0) is 6.54 Å². The van der Waals surface area contributed by atoms with Gasteiger partial charge in [-0.1, -0.05) is 31.2 Å². The molecule has 0 aliphatic carbocycles. The Morgan fingerprint density at radius 2 is 1.96 bits per heavy atom. The van der Waals surface area contributed by atoms with Crippen molar-refractivity contribution in [3.8, 4) is 5.75 Å². The van der Waals surface area contributed by atoms with Crippen LogP contribution < -0.4 is 10.1 Å². The lowest BCUT2D eigenvalue weighted by molar-refractivity contribution is 0.0697. The molecular weight excluding hydrogens is 290 g/mol. The first kappa shape index (κ1) is 17.0. The predicted molar refractivity (Wildman–Crippen MR) is 91.0 cm³/mol. The third kappa shape index (κ3) is 5.42. The quantitative estimate of drug-likeness (QED) is 0.781. The molecule has 0 aromatic heterocycles. The lowest BCUT2D eigenvalue weighted by atomic mass is 10.1. The zero-order valence-electron chi connectivity index (χ0n) is 13.6. The Morgan fingerprint density at radius 1 is 1.22 bits per heavy atom. The van der Waals surface area contributed by atoms with E-state index in [1.54, 1.807) is 12.1 Å². The van der Waals surface area contributed by atoms with Crippen molar-refractivity contribution < 1.29 is 14.6 Å². The highest BCUT2D eigenvalue weighted by atomic mass is 16.5. The first-order valence-electron chi connectivity index (χ1n) is 7.84. The summed E-state index contributed by atoms with van der Waals surface area (Å²) in [7, 11) is 0. The maximum atomic E-state index is 10.8. The molecule has 2 rings (SSSR count). The zero-order chi connectivity index (χ0) is 16.7. The number of aryl methyl sites for hydroxylation is 1. The van der Waals surface area contributed by atoms with Gasteiger partial charge in [-0.15, -0.1) is 0 Å². The lowest BCUT2D eigenvalue weighted by Crippen LogP contribution is -2.30. The number of hydrogen-bond acceptors (Lipinski definition) is 3. The van der Waals surface area contributed by atoms with E-state index in [2.05, 4.69) is 12.2 Å². The normalized spacial score (nSPS) is 11.9. The summed E-state index contributed by atoms with van der Waals surface area (Å²) < 4.78 is 5.99. The first-order valence-corrected chi connectivity index (χ1v) is 7.84. The van der Waals surface area contributed by atoms with Crippen molar-refractivity contribution in [1.82, 2.24) is 5.32 Å². The predicted octanol–water partition coefficient (Wildman–Crippen LogP) is 3.64. The van der Waals surface area contributed by atoms with Crippen LogP contribution >= 0.6 is 0 Å². The van der Waals surface area contributed by atoms with Gasteiger partial charge in [-0.2, -0.15) is 0 Å². The molecule has 2 aromatic carbocycles. The van der Waals surface area contributed by atoms with Crippen LogP contribution in [0, 0.1) is 6.92 Å². The molecule has 0 fully saturated rings. The number of carboxylic acid groups (broad SMARTS) is 1. The molecular formula is C19H23NO3. The molecule has 4 heteroatoms. The summed E-state index contributed by atoms with van der Waals surface area (Å²) in [6.45, 7) is 5.58. The van der Waals surface area contributed by atoms with Crippen molar-refractivity contribution in [3.63, 3.8) is 0 Å². The summed E-state index contributed by atoms with van der Waals surface area (Å²) in [5, 5.41) is 12.2. The minimum atomic E-state index is -0.901. The van der Waals surface area contributed by atoms with Crippen molar-refractivity contribution >= 4 is 5.97 Å². The Morgan fingerprint density at radius 3 is 2.57 bits per heavy atom. The van der Waals surface area contributed by atoms with Gasteiger partial charge in [0.2, 0.25) is 0 Å². The van der Waals surface area contributed by atoms with E-state index in [9.17, 15) is 4.79 Å². The zero-order valence-corrected chi connectivity index (χ0v) is 13.6. The molecule has 0 saturated heterocycles. The summed E-state index contributed by atoms with van der Waals surface area (Å²) in [4.78, 5) is 10.8. The molecule has 23 heavy (non-hydrogen) atoms. The van der Waals surface area contributed by atoms with E-state index in [0.717, 1.165) is 24.3 Å². The average Bonchev–Trinajstić information content (AvgIpc) is 2.54. The molecule has 122 valence electrons. The number of aromatic carboxylic acids is 1. The van der Waals surface area contributed by atoms with Crippen LogP contribution in [0.4, 0.5) is 0 Å². The minimum absolute atomic E-state index is 0.107. The SMILES string of the molecule is CCC(CNCc1ccc(C(=O)O)cc1)Oc1cccc(C)c1. The van der Waals surface area contributed by atoms with Gasteiger partial charge in [-0.05, 0) is 48.7 Å². The van der Waals surface area contributed by atoms with E-state index < -0.39 is 5.97 Å². The van der Waals surface area contributed by atoms with E-state index in [4.69, 9.17) is 9.84 Å². The second-order valence-electron chi connectivity index (χ2n) is 5.60. The molecule has 1 atom stereocenters. The van der Waals surface area contributed by atoms with Crippen LogP contribution in [0.15, 0.2) is 48.5 Å². The van der Waals surface area contributed by atoms with E-state index in [1.807, 2.05) is 43.3 Å². The van der Waals surface area contributed by atoms with Crippen molar-refractivity contribution in [2.45, 2.75) is 32.9 Å². The lowest BCUT2D eigenvalue weighted by Gasteiger charge is -2.18. The highest BCUT2D eigenvalue weighted by Gasteiger charge is 2.08. The van der Waals surface area contributed by atoms with Crippen LogP contribution in [0.1, 0.15) is 34.8 Å². The van der Waals surface area contributed by atoms with E-state index in [0.29, 0.717) is 12.1 Å². The molecule has 2 N–H and O–H groups in total. The monoisotopic (exact) mass is 313 g/mol. The number of carboxylic acids is 1. The number of benzene rings is 2. The van der Waals surface area contributed by atoms with Crippen LogP contribution in [0.25, 0.3) is 0 Å². The highest BCUT2D eigenvalue weighted by molar-refractivity contribution is 5.87. The fourth-order valence-electron chi connectivity index (χ4n) is 2.29. The summed E-state index contributed by atoms with van der Waals surface area (Å²) >= 11 is 0. The fourth-order valence-corrected chi connectivity index (χ4v) is 2.29. The van der Waals surface area contributed by atoms with Gasteiger partial charge >= 0.3 is 5.97 Å². The number of rotatable bonds is 8. The molecule has 0 heterocycles. The van der Waals surface area contributed by atoms with Crippen molar-refractivity contribution in [1.29, 1.82) is 0 Å². The number of carbonyl (C=O) groups is 1. The van der Waals surface area contributed by atoms with Gasteiger partial charge in [0, 0.05) is 13.1 Å². The third-order valence-corrected chi connectivity index (χ3v) is 3.65. The molecule has 0 saturated carbocycles. The average molecular weight is 313 g/mol. The topological polar surface area (TPSA) is 58.6 Å². The molecule has 1 unspecified atom stereocenters. The summed E-state index contributed by atoms with van der Waals surface area (Å²) in [6, 6.07) is 15.0. The number of ether oxygens (including phenoxy) is 1. The molecule has 0 bridgehead atoms. The Hall–Kier alpha value is -2.33. The first-order chi connectivity index (χ1) is 11.1. The van der Waals surface area contributed by atoms with Crippen LogP contribution in [-0.4, -0.2) is 23.7 Å². The summed E-state index contributed by atoms with van der Waals surface area (Å²) in [5.41, 5.74) is 2.55. The molecule has 4 nitrogen and oxygen atoms in total. The van der Waals surface area contributed by atoms with Gasteiger partial charge in [-0.25, -0.2) is 4.79 Å². The second-order valence-corrected chi connectivity index (χ2v) is 5.60. The van der Waals surface area contributed by atoms with E-state index in [1.165, 1.54) is 5.56 Å². The van der Waals surface area contributed by atoms with Crippen LogP contribution in [0.5, 0.6) is 5.75 Å². The van der Waals surface area contributed by atoms with Gasteiger partial charge < -0.3 is 15.2 Å². The molecule has 0 spiro atoms. The van der Waals surface area contributed by atoms with Gasteiger partial charge in [0.25, 0.3) is 0 Å². The van der Waals surface area contributed by atoms with Crippen molar-refractivity contribution in [2.24, 2.45) is 0 Å². The van der Waals surface area contributed by atoms with Gasteiger partial charge in [0.1, 0.15) is 11.9 Å². The molecule has 2 aromatic rings. The van der Waals surface area contributed by atoms with Crippen molar-refractivity contribution in [3.05, 3.63) is 65.2 Å². The largest absolute Gasteiger partial charge is 0.489 e. The van der Waals surface area contributed by atoms with Crippen molar-refractivity contribution in [2.75, 3.05) is 6.54 Å². The third-order valence-electron chi connectivity index (χ3n) is 3.65. The maximum absolute atomic E-state index is 10.8. The van der Waals surface area contributed by atoms with E-state index in [-0.39, 0.29) is 6.10 Å². The highest BCUT2D eigenvalue weighted by Crippen LogP contribution is 2.15. The molecule has 0 aliphatic rings. The Bertz CT molecular complexity index is 637. The molecule has 0 radical (unpaired) electrons. The number of hydrogen-bond donors (Lipinski definition) is 2. The Kier molecular flexibility index (Phi) is 6.18. The fraction of sp³-hybridized carbons (Fsp3) is 0.316. The second kappa shape index (κ2) is 8.34. The maximum Gasteiger partial charge on any atom is 0.335 e. The number of nitrogens with one attached hydrogen (secondary N) is 1. The summed E-state index contributed by atoms with van der Waals surface area (Å²) in [5.74, 6) is -0.00780. The van der Waals surface area contributed by atoms with Crippen LogP contribution in [0.2, 0.25) is 0 Å². The van der Waals surface area contributed by atoms with Gasteiger partial charge in [0.05, 0.1) is 5.56 Å². The Balaban J connectivity index is 1.82. The van der Waals surface area contributed by atoms with Gasteiger partial charge in [0.15, 0.2) is 0 Å². The Labute approximate surface area is 137 Å². The smallest absolute Gasteiger partial charge is 0.335 e. The van der Waals surface area contributed by atoms with Gasteiger partial charge in [-0.3, -0.25) is 0 Å².